The van der Waals surface area contributed by atoms with E-state index in [0.29, 0.717) is 0 Å². The van der Waals surface area contributed by atoms with Gasteiger partial charge < -0.3 is 5.32 Å². The zero-order valence-corrected chi connectivity index (χ0v) is 13.0. The molecule has 0 aliphatic rings. The van der Waals surface area contributed by atoms with E-state index in [1.165, 1.54) is 23.5 Å². The molecule has 0 aliphatic carbocycles. The average molecular weight is 327 g/mol. The minimum Gasteiger partial charge on any atom is -0.344 e. The Kier molecular flexibility index (Phi) is 4.90. The van der Waals surface area contributed by atoms with E-state index in [1.54, 1.807) is 0 Å². The third-order valence-corrected chi connectivity index (χ3v) is 4.21. The van der Waals surface area contributed by atoms with Crippen LogP contribution in [0.3, 0.4) is 0 Å². The second-order valence-electron chi connectivity index (χ2n) is 5.29. The van der Waals surface area contributed by atoms with Crippen LogP contribution in [0.2, 0.25) is 0 Å². The Balaban J connectivity index is 2.21. The summed E-state index contributed by atoms with van der Waals surface area (Å²) in [5.74, 6) is -0.369. The standard InChI is InChI=1S/C16H16F3NOS/c1-10(2)14(13-7-4-8-22-13)20-15(21)11-5-3-6-12(9-11)16(17,18)19/h3-10,14H,1-2H3,(H,20,21)/t14-/m0/s1. The quantitative estimate of drug-likeness (QED) is 0.851. The number of thiophene rings is 1. The molecule has 1 atom stereocenters. The van der Waals surface area contributed by atoms with Crippen LogP contribution in [0.25, 0.3) is 0 Å². The second kappa shape index (κ2) is 6.52. The first-order valence-corrected chi connectivity index (χ1v) is 7.68. The molecule has 0 radical (unpaired) electrons. The first-order chi connectivity index (χ1) is 10.3. The molecule has 1 aromatic carbocycles. The predicted octanol–water partition coefficient (Wildman–Crippen LogP) is 4.89. The fourth-order valence-corrected chi connectivity index (χ4v) is 3.04. The molecule has 118 valence electrons. The van der Waals surface area contributed by atoms with Crippen molar-refractivity contribution in [2.75, 3.05) is 0 Å². The van der Waals surface area contributed by atoms with Gasteiger partial charge in [-0.2, -0.15) is 13.2 Å². The number of rotatable bonds is 4. The van der Waals surface area contributed by atoms with Crippen molar-refractivity contribution in [1.29, 1.82) is 0 Å². The van der Waals surface area contributed by atoms with E-state index in [1.807, 2.05) is 31.4 Å². The first-order valence-electron chi connectivity index (χ1n) is 6.80. The molecular formula is C16H16F3NOS. The van der Waals surface area contributed by atoms with E-state index in [2.05, 4.69) is 5.32 Å². The highest BCUT2D eigenvalue weighted by molar-refractivity contribution is 7.10. The SMILES string of the molecule is CC(C)[C@H](NC(=O)c1cccc(C(F)(F)F)c1)c1cccs1. The molecule has 2 rings (SSSR count). The van der Waals surface area contributed by atoms with E-state index in [0.717, 1.165) is 17.0 Å². The van der Waals surface area contributed by atoms with Gasteiger partial charge in [-0.25, -0.2) is 0 Å². The van der Waals surface area contributed by atoms with Crippen molar-refractivity contribution in [3.8, 4) is 0 Å². The van der Waals surface area contributed by atoms with Crippen LogP contribution < -0.4 is 5.32 Å². The number of nitrogens with one attached hydrogen (secondary N) is 1. The van der Waals surface area contributed by atoms with E-state index in [-0.39, 0.29) is 17.5 Å². The molecule has 0 aliphatic heterocycles. The summed E-state index contributed by atoms with van der Waals surface area (Å²) in [7, 11) is 0. The molecule has 0 saturated carbocycles. The summed E-state index contributed by atoms with van der Waals surface area (Å²) in [6.07, 6.45) is -4.46. The Labute approximate surface area is 131 Å². The lowest BCUT2D eigenvalue weighted by molar-refractivity contribution is -0.137. The van der Waals surface area contributed by atoms with Crippen LogP contribution in [0, 0.1) is 5.92 Å². The van der Waals surface area contributed by atoms with Crippen molar-refractivity contribution >= 4 is 17.2 Å². The minimum atomic E-state index is -4.46. The molecule has 2 aromatic rings. The van der Waals surface area contributed by atoms with Gasteiger partial charge in [-0.05, 0) is 35.6 Å². The first kappa shape index (κ1) is 16.5. The Morgan fingerprint density at radius 2 is 1.91 bits per heavy atom. The molecule has 6 heteroatoms. The summed E-state index contributed by atoms with van der Waals surface area (Å²) < 4.78 is 38.1. The molecule has 22 heavy (non-hydrogen) atoms. The highest BCUT2D eigenvalue weighted by Gasteiger charge is 2.31. The predicted molar refractivity (Wildman–Crippen MR) is 80.8 cm³/mol. The Morgan fingerprint density at radius 1 is 1.18 bits per heavy atom. The van der Waals surface area contributed by atoms with Gasteiger partial charge in [-0.1, -0.05) is 26.0 Å². The largest absolute Gasteiger partial charge is 0.416 e. The molecule has 0 bridgehead atoms. The van der Waals surface area contributed by atoms with Crippen molar-refractivity contribution in [3.63, 3.8) is 0 Å². The molecule has 0 spiro atoms. The third-order valence-electron chi connectivity index (χ3n) is 3.26. The lowest BCUT2D eigenvalue weighted by atomic mass is 10.0. The lowest BCUT2D eigenvalue weighted by Gasteiger charge is -2.21. The van der Waals surface area contributed by atoms with Crippen molar-refractivity contribution in [3.05, 3.63) is 57.8 Å². The molecule has 2 nitrogen and oxygen atoms in total. The summed E-state index contributed by atoms with van der Waals surface area (Å²) in [4.78, 5) is 13.2. The van der Waals surface area contributed by atoms with Gasteiger partial charge in [0.25, 0.3) is 5.91 Å². The number of alkyl halides is 3. The molecule has 0 saturated heterocycles. The van der Waals surface area contributed by atoms with Gasteiger partial charge in [0.15, 0.2) is 0 Å². The zero-order valence-electron chi connectivity index (χ0n) is 12.1. The van der Waals surface area contributed by atoms with Gasteiger partial charge >= 0.3 is 6.18 Å². The highest BCUT2D eigenvalue weighted by atomic mass is 32.1. The number of benzene rings is 1. The number of carbonyl (C=O) groups excluding carboxylic acids is 1. The third kappa shape index (κ3) is 3.88. The van der Waals surface area contributed by atoms with Crippen molar-refractivity contribution in [2.24, 2.45) is 5.92 Å². The number of amides is 1. The fraction of sp³-hybridized carbons (Fsp3) is 0.312. The van der Waals surface area contributed by atoms with Crippen molar-refractivity contribution < 1.29 is 18.0 Å². The van der Waals surface area contributed by atoms with Crippen LogP contribution >= 0.6 is 11.3 Å². The summed E-state index contributed by atoms with van der Waals surface area (Å²) in [6.45, 7) is 3.91. The molecular weight excluding hydrogens is 311 g/mol. The van der Waals surface area contributed by atoms with Gasteiger partial charge in [0.05, 0.1) is 11.6 Å². The van der Waals surface area contributed by atoms with Crippen LogP contribution in [0.1, 0.15) is 40.7 Å². The monoisotopic (exact) mass is 327 g/mol. The lowest BCUT2D eigenvalue weighted by Crippen LogP contribution is -2.31. The smallest absolute Gasteiger partial charge is 0.344 e. The zero-order chi connectivity index (χ0) is 16.3. The number of hydrogen-bond donors (Lipinski definition) is 1. The highest BCUT2D eigenvalue weighted by Crippen LogP contribution is 2.30. The van der Waals surface area contributed by atoms with E-state index in [4.69, 9.17) is 0 Å². The van der Waals surface area contributed by atoms with Gasteiger partial charge in [0.2, 0.25) is 0 Å². The van der Waals surface area contributed by atoms with Gasteiger partial charge in [0, 0.05) is 10.4 Å². The fourth-order valence-electron chi connectivity index (χ4n) is 2.10. The second-order valence-corrected chi connectivity index (χ2v) is 6.27. The van der Waals surface area contributed by atoms with E-state index >= 15 is 0 Å². The Bertz CT molecular complexity index is 635. The summed E-state index contributed by atoms with van der Waals surface area (Å²) >= 11 is 1.51. The summed E-state index contributed by atoms with van der Waals surface area (Å²) in [5.41, 5.74) is -0.811. The van der Waals surface area contributed by atoms with E-state index < -0.39 is 17.6 Å². The van der Waals surface area contributed by atoms with Gasteiger partial charge in [-0.3, -0.25) is 4.79 Å². The van der Waals surface area contributed by atoms with Crippen LogP contribution in [0.4, 0.5) is 13.2 Å². The maximum Gasteiger partial charge on any atom is 0.416 e. The summed E-state index contributed by atoms with van der Waals surface area (Å²) in [5, 5.41) is 4.72. The van der Waals surface area contributed by atoms with Crippen LogP contribution in [0.15, 0.2) is 41.8 Å². The molecule has 0 fully saturated rings. The Hall–Kier alpha value is -1.82. The van der Waals surface area contributed by atoms with Crippen molar-refractivity contribution in [2.45, 2.75) is 26.1 Å². The molecule has 1 aromatic heterocycles. The Morgan fingerprint density at radius 3 is 2.45 bits per heavy atom. The van der Waals surface area contributed by atoms with E-state index in [9.17, 15) is 18.0 Å². The average Bonchev–Trinajstić information content (AvgIpc) is 2.97. The van der Waals surface area contributed by atoms with Crippen molar-refractivity contribution in [1.82, 2.24) is 5.32 Å². The molecule has 0 unspecified atom stereocenters. The number of carbonyl (C=O) groups is 1. The van der Waals surface area contributed by atoms with Crippen LogP contribution in [0.5, 0.6) is 0 Å². The number of halogens is 3. The topological polar surface area (TPSA) is 29.1 Å². The maximum absolute atomic E-state index is 12.7. The van der Waals surface area contributed by atoms with Gasteiger partial charge in [-0.15, -0.1) is 11.3 Å². The van der Waals surface area contributed by atoms with Crippen LogP contribution in [-0.4, -0.2) is 5.91 Å². The molecule has 1 N–H and O–H groups in total. The molecule has 1 amide bonds. The summed E-state index contributed by atoms with van der Waals surface area (Å²) in [6, 6.07) is 8.02. The minimum absolute atomic E-state index is 0.0111. The van der Waals surface area contributed by atoms with Crippen LogP contribution in [-0.2, 0) is 6.18 Å². The van der Waals surface area contributed by atoms with Gasteiger partial charge in [0.1, 0.15) is 0 Å². The maximum atomic E-state index is 12.7. The normalized spacial score (nSPS) is 13.2. The molecule has 1 heterocycles. The number of hydrogen-bond acceptors (Lipinski definition) is 2.